The van der Waals surface area contributed by atoms with E-state index in [1.165, 1.54) is 0 Å². The molecule has 2 unspecified atom stereocenters. The first kappa shape index (κ1) is 12.1. The smallest absolute Gasteiger partial charge is 0.232 e. The van der Waals surface area contributed by atoms with Crippen LogP contribution >= 0.6 is 27.7 Å². The maximum Gasteiger partial charge on any atom is 0.232 e. The summed E-state index contributed by atoms with van der Waals surface area (Å²) in [5.74, 6) is 3.14. The third-order valence-electron chi connectivity index (χ3n) is 2.85. The fraction of sp³-hybridized carbons (Fsp3) is 0.364. The summed E-state index contributed by atoms with van der Waals surface area (Å²) < 4.78 is 6.16. The van der Waals surface area contributed by atoms with E-state index in [0.717, 1.165) is 16.0 Å². The Hall–Kier alpha value is -0.920. The number of halogens is 1. The average molecular weight is 327 g/mol. The lowest BCUT2D eigenvalue weighted by Gasteiger charge is -2.07. The number of hydrogen-bond donors (Lipinski definition) is 1. The molecular weight excluding hydrogens is 316 g/mol. The number of aromatic nitrogens is 3. The van der Waals surface area contributed by atoms with Crippen LogP contribution < -0.4 is 5.73 Å². The summed E-state index contributed by atoms with van der Waals surface area (Å²) >= 11 is 5.24. The summed E-state index contributed by atoms with van der Waals surface area (Å²) in [7, 11) is 0. The molecule has 0 aromatic carbocycles. The van der Waals surface area contributed by atoms with Crippen molar-refractivity contribution in [2.24, 2.45) is 5.73 Å². The summed E-state index contributed by atoms with van der Waals surface area (Å²) in [5.41, 5.74) is 6.70. The predicted molar refractivity (Wildman–Crippen MR) is 73.3 cm³/mol. The number of nitrogens with zero attached hydrogens (tertiary/aromatic N) is 3. The van der Waals surface area contributed by atoms with Gasteiger partial charge in [0.1, 0.15) is 5.69 Å². The first-order valence-electron chi connectivity index (χ1n) is 5.53. The van der Waals surface area contributed by atoms with Gasteiger partial charge in [-0.1, -0.05) is 5.16 Å². The minimum atomic E-state index is 0.0930. The molecular formula is C11H11BrN4OS. The van der Waals surface area contributed by atoms with Crippen molar-refractivity contribution >= 4 is 27.7 Å². The maximum absolute atomic E-state index is 6.02. The van der Waals surface area contributed by atoms with Gasteiger partial charge >= 0.3 is 0 Å². The molecule has 2 N–H and O–H groups in total. The first-order valence-corrected chi connectivity index (χ1v) is 7.48. The summed E-state index contributed by atoms with van der Waals surface area (Å²) in [5, 5.41) is 3.98. The van der Waals surface area contributed by atoms with Crippen molar-refractivity contribution in [1.29, 1.82) is 0 Å². The van der Waals surface area contributed by atoms with Crippen LogP contribution in [0.5, 0.6) is 0 Å². The Morgan fingerprint density at radius 3 is 3.06 bits per heavy atom. The van der Waals surface area contributed by atoms with Gasteiger partial charge in [0, 0.05) is 28.2 Å². The molecule has 0 saturated carbocycles. The Kier molecular flexibility index (Phi) is 3.36. The van der Waals surface area contributed by atoms with Crippen molar-refractivity contribution in [3.63, 3.8) is 0 Å². The van der Waals surface area contributed by atoms with Crippen molar-refractivity contribution in [3.8, 4) is 11.5 Å². The van der Waals surface area contributed by atoms with Crippen LogP contribution in [0.4, 0.5) is 0 Å². The monoisotopic (exact) mass is 326 g/mol. The van der Waals surface area contributed by atoms with Crippen LogP contribution in [0.25, 0.3) is 11.5 Å². The van der Waals surface area contributed by atoms with E-state index >= 15 is 0 Å². The summed E-state index contributed by atoms with van der Waals surface area (Å²) in [6.07, 6.45) is 1.70. The molecule has 0 radical (unpaired) electrons. The highest BCUT2D eigenvalue weighted by Crippen LogP contribution is 2.32. The van der Waals surface area contributed by atoms with Gasteiger partial charge in [-0.05, 0) is 28.1 Å². The molecule has 1 saturated heterocycles. The molecule has 2 aromatic heterocycles. The van der Waals surface area contributed by atoms with E-state index in [1.807, 2.05) is 23.9 Å². The van der Waals surface area contributed by atoms with Crippen LogP contribution in [-0.2, 0) is 0 Å². The zero-order chi connectivity index (χ0) is 12.5. The van der Waals surface area contributed by atoms with Crippen LogP contribution in [0.3, 0.4) is 0 Å². The Balaban J connectivity index is 1.92. The molecule has 3 rings (SSSR count). The van der Waals surface area contributed by atoms with E-state index in [-0.39, 0.29) is 12.0 Å². The third kappa shape index (κ3) is 2.17. The van der Waals surface area contributed by atoms with Gasteiger partial charge in [-0.15, -0.1) is 0 Å². The van der Waals surface area contributed by atoms with Crippen molar-refractivity contribution in [1.82, 2.24) is 15.1 Å². The Morgan fingerprint density at radius 1 is 1.44 bits per heavy atom. The molecule has 7 heteroatoms. The van der Waals surface area contributed by atoms with E-state index in [1.54, 1.807) is 6.20 Å². The number of rotatable bonds is 2. The topological polar surface area (TPSA) is 77.8 Å². The lowest BCUT2D eigenvalue weighted by Crippen LogP contribution is -2.26. The van der Waals surface area contributed by atoms with Crippen molar-refractivity contribution in [2.75, 3.05) is 11.5 Å². The van der Waals surface area contributed by atoms with Gasteiger partial charge in [0.15, 0.2) is 0 Å². The largest absolute Gasteiger partial charge is 0.339 e. The minimum absolute atomic E-state index is 0.0930. The van der Waals surface area contributed by atoms with Gasteiger partial charge in [-0.3, -0.25) is 4.98 Å². The highest BCUT2D eigenvalue weighted by Gasteiger charge is 2.31. The molecule has 2 aromatic rings. The Bertz CT molecular complexity index is 561. The van der Waals surface area contributed by atoms with Crippen LogP contribution in [-0.4, -0.2) is 32.7 Å². The highest BCUT2D eigenvalue weighted by molar-refractivity contribution is 9.10. The van der Waals surface area contributed by atoms with Crippen LogP contribution in [0.2, 0.25) is 0 Å². The normalized spacial score (nSPS) is 23.4. The second-order valence-electron chi connectivity index (χ2n) is 4.10. The lowest BCUT2D eigenvalue weighted by atomic mass is 10.1. The van der Waals surface area contributed by atoms with Crippen molar-refractivity contribution in [3.05, 3.63) is 28.7 Å². The molecule has 5 nitrogen and oxygen atoms in total. The van der Waals surface area contributed by atoms with Gasteiger partial charge in [-0.25, -0.2) is 0 Å². The molecule has 3 heterocycles. The quantitative estimate of drug-likeness (QED) is 0.910. The van der Waals surface area contributed by atoms with E-state index in [0.29, 0.717) is 17.4 Å². The fourth-order valence-electron chi connectivity index (χ4n) is 1.86. The number of pyridine rings is 1. The third-order valence-corrected chi connectivity index (χ3v) is 4.71. The highest BCUT2D eigenvalue weighted by atomic mass is 79.9. The van der Waals surface area contributed by atoms with Gasteiger partial charge in [0.25, 0.3) is 0 Å². The lowest BCUT2D eigenvalue weighted by molar-refractivity contribution is 0.352. The molecule has 1 aliphatic rings. The molecule has 94 valence electrons. The van der Waals surface area contributed by atoms with Gasteiger partial charge in [0.05, 0.1) is 5.92 Å². The maximum atomic E-state index is 6.02. The van der Waals surface area contributed by atoms with E-state index in [4.69, 9.17) is 10.3 Å². The first-order chi connectivity index (χ1) is 8.75. The molecule has 0 spiro atoms. The average Bonchev–Trinajstić information content (AvgIpc) is 2.98. The van der Waals surface area contributed by atoms with Gasteiger partial charge in [-0.2, -0.15) is 16.7 Å². The molecule has 0 bridgehead atoms. The van der Waals surface area contributed by atoms with Gasteiger partial charge in [0.2, 0.25) is 11.7 Å². The summed E-state index contributed by atoms with van der Waals surface area (Å²) in [6, 6.07) is 3.84. The van der Waals surface area contributed by atoms with Crippen molar-refractivity contribution < 1.29 is 4.52 Å². The number of hydrogen-bond acceptors (Lipinski definition) is 6. The Labute approximate surface area is 117 Å². The summed E-state index contributed by atoms with van der Waals surface area (Å²) in [6.45, 7) is 0. The zero-order valence-corrected chi connectivity index (χ0v) is 11.8. The van der Waals surface area contributed by atoms with Crippen LogP contribution in [0, 0.1) is 0 Å². The molecule has 1 fully saturated rings. The summed E-state index contributed by atoms with van der Waals surface area (Å²) in [4.78, 5) is 8.65. The van der Waals surface area contributed by atoms with E-state index < -0.39 is 0 Å². The molecule has 0 aliphatic carbocycles. The van der Waals surface area contributed by atoms with Crippen molar-refractivity contribution in [2.45, 2.75) is 12.0 Å². The Morgan fingerprint density at radius 2 is 2.33 bits per heavy atom. The van der Waals surface area contributed by atoms with E-state index in [2.05, 4.69) is 31.1 Å². The molecule has 18 heavy (non-hydrogen) atoms. The number of nitrogens with two attached hydrogens (primary N) is 1. The number of thioether (sulfide) groups is 1. The molecule has 1 aliphatic heterocycles. The fourth-order valence-corrected chi connectivity index (χ4v) is 3.57. The second-order valence-corrected chi connectivity index (χ2v) is 6.03. The second kappa shape index (κ2) is 4.99. The standard InChI is InChI=1S/C11H11BrN4OS/c12-7-2-1-3-14-9(7)10-15-11(17-16-10)6-4-18-5-8(6)13/h1-3,6,8H,4-5,13H2. The predicted octanol–water partition coefficient (Wildman–Crippen LogP) is 2.05. The molecule has 0 amide bonds. The molecule has 2 atom stereocenters. The van der Waals surface area contributed by atoms with E-state index in [9.17, 15) is 0 Å². The minimum Gasteiger partial charge on any atom is -0.339 e. The van der Waals surface area contributed by atoms with Crippen LogP contribution in [0.15, 0.2) is 27.3 Å². The van der Waals surface area contributed by atoms with Crippen LogP contribution in [0.1, 0.15) is 11.8 Å². The zero-order valence-electron chi connectivity index (χ0n) is 9.41. The van der Waals surface area contributed by atoms with Gasteiger partial charge < -0.3 is 10.3 Å². The SMILES string of the molecule is NC1CSCC1c1nc(-c2ncccc2Br)no1.